The maximum atomic E-state index is 9.01. The standard InChI is InChI=1S/C9H18O/c1-8(10)6-7-9-4-2-3-5-9/h8-10H,2-7H2,1H3. The van der Waals surface area contributed by atoms with Crippen molar-refractivity contribution in [1.82, 2.24) is 0 Å². The van der Waals surface area contributed by atoms with Gasteiger partial charge in [-0.1, -0.05) is 25.7 Å². The molecule has 0 bridgehead atoms. The number of hydrogen-bond acceptors (Lipinski definition) is 1. The number of aliphatic hydroxyl groups is 1. The van der Waals surface area contributed by atoms with Crippen LogP contribution in [0.3, 0.4) is 0 Å². The fourth-order valence-corrected chi connectivity index (χ4v) is 1.78. The lowest BCUT2D eigenvalue weighted by Crippen LogP contribution is -2.03. The smallest absolute Gasteiger partial charge is 0.0512 e. The summed E-state index contributed by atoms with van der Waals surface area (Å²) in [4.78, 5) is 0. The van der Waals surface area contributed by atoms with E-state index in [9.17, 15) is 0 Å². The number of hydrogen-bond donors (Lipinski definition) is 1. The second-order valence-electron chi connectivity index (χ2n) is 3.58. The molecular weight excluding hydrogens is 124 g/mol. The van der Waals surface area contributed by atoms with Gasteiger partial charge in [0, 0.05) is 0 Å². The first-order valence-corrected chi connectivity index (χ1v) is 4.47. The molecule has 0 aromatic heterocycles. The Labute approximate surface area is 63.4 Å². The SMILES string of the molecule is CC(O)CCC1CCCC1. The molecule has 1 rings (SSSR count). The van der Waals surface area contributed by atoms with E-state index in [-0.39, 0.29) is 6.10 Å². The van der Waals surface area contributed by atoms with E-state index in [1.165, 1.54) is 32.1 Å². The van der Waals surface area contributed by atoms with Crippen LogP contribution in [0, 0.1) is 5.92 Å². The molecule has 10 heavy (non-hydrogen) atoms. The summed E-state index contributed by atoms with van der Waals surface area (Å²) >= 11 is 0. The summed E-state index contributed by atoms with van der Waals surface area (Å²) in [5.41, 5.74) is 0. The monoisotopic (exact) mass is 142 g/mol. The molecule has 1 N–H and O–H groups in total. The molecule has 1 aliphatic carbocycles. The first-order valence-electron chi connectivity index (χ1n) is 4.47. The molecule has 1 unspecified atom stereocenters. The lowest BCUT2D eigenvalue weighted by Gasteiger charge is -2.09. The molecule has 0 aromatic rings. The minimum atomic E-state index is -0.0828. The molecule has 1 nitrogen and oxygen atoms in total. The second-order valence-corrected chi connectivity index (χ2v) is 3.58. The zero-order chi connectivity index (χ0) is 7.40. The van der Waals surface area contributed by atoms with Gasteiger partial charge in [-0.3, -0.25) is 0 Å². The third kappa shape index (κ3) is 2.70. The van der Waals surface area contributed by atoms with Crippen LogP contribution >= 0.6 is 0 Å². The summed E-state index contributed by atoms with van der Waals surface area (Å²) in [7, 11) is 0. The zero-order valence-electron chi connectivity index (χ0n) is 6.84. The fourth-order valence-electron chi connectivity index (χ4n) is 1.78. The van der Waals surface area contributed by atoms with Crippen molar-refractivity contribution in [3.63, 3.8) is 0 Å². The Morgan fingerprint density at radius 2 is 2.00 bits per heavy atom. The van der Waals surface area contributed by atoms with Crippen LogP contribution < -0.4 is 0 Å². The lowest BCUT2D eigenvalue weighted by molar-refractivity contribution is 0.173. The summed E-state index contributed by atoms with van der Waals surface area (Å²) in [5, 5.41) is 9.01. The zero-order valence-corrected chi connectivity index (χ0v) is 6.84. The average Bonchev–Trinajstić information content (AvgIpc) is 2.34. The van der Waals surface area contributed by atoms with Gasteiger partial charge >= 0.3 is 0 Å². The molecule has 0 saturated heterocycles. The van der Waals surface area contributed by atoms with Gasteiger partial charge in [-0.15, -0.1) is 0 Å². The maximum Gasteiger partial charge on any atom is 0.0512 e. The summed E-state index contributed by atoms with van der Waals surface area (Å²) in [6.07, 6.45) is 7.83. The largest absolute Gasteiger partial charge is 0.393 e. The van der Waals surface area contributed by atoms with Crippen LogP contribution in [0.2, 0.25) is 0 Å². The molecule has 0 spiro atoms. The Morgan fingerprint density at radius 1 is 1.40 bits per heavy atom. The van der Waals surface area contributed by atoms with Gasteiger partial charge < -0.3 is 5.11 Å². The summed E-state index contributed by atoms with van der Waals surface area (Å²) < 4.78 is 0. The van der Waals surface area contributed by atoms with Crippen molar-refractivity contribution in [2.75, 3.05) is 0 Å². The second kappa shape index (κ2) is 3.97. The van der Waals surface area contributed by atoms with Gasteiger partial charge in [0.2, 0.25) is 0 Å². The Hall–Kier alpha value is -0.0400. The average molecular weight is 142 g/mol. The lowest BCUT2D eigenvalue weighted by atomic mass is 10.0. The van der Waals surface area contributed by atoms with Gasteiger partial charge in [0.15, 0.2) is 0 Å². The van der Waals surface area contributed by atoms with Gasteiger partial charge in [0.25, 0.3) is 0 Å². The van der Waals surface area contributed by atoms with Crippen molar-refractivity contribution >= 4 is 0 Å². The Morgan fingerprint density at radius 3 is 2.50 bits per heavy atom. The van der Waals surface area contributed by atoms with E-state index < -0.39 is 0 Å². The normalized spacial score (nSPS) is 23.4. The van der Waals surface area contributed by atoms with Crippen molar-refractivity contribution in [2.45, 2.75) is 51.6 Å². The fraction of sp³-hybridized carbons (Fsp3) is 1.00. The van der Waals surface area contributed by atoms with E-state index in [0.717, 1.165) is 12.3 Å². The van der Waals surface area contributed by atoms with Crippen LogP contribution in [0.5, 0.6) is 0 Å². The van der Waals surface area contributed by atoms with Crippen molar-refractivity contribution in [3.8, 4) is 0 Å². The van der Waals surface area contributed by atoms with Gasteiger partial charge in [0.1, 0.15) is 0 Å². The molecule has 1 heteroatoms. The molecule has 0 aromatic carbocycles. The molecular formula is C9H18O. The van der Waals surface area contributed by atoms with Gasteiger partial charge in [-0.25, -0.2) is 0 Å². The van der Waals surface area contributed by atoms with Gasteiger partial charge in [-0.05, 0) is 25.7 Å². The highest BCUT2D eigenvalue weighted by Crippen LogP contribution is 2.28. The molecule has 1 fully saturated rings. The van der Waals surface area contributed by atoms with E-state index in [0.29, 0.717) is 0 Å². The van der Waals surface area contributed by atoms with Gasteiger partial charge in [-0.2, -0.15) is 0 Å². The quantitative estimate of drug-likeness (QED) is 0.641. The van der Waals surface area contributed by atoms with Crippen LogP contribution in [0.4, 0.5) is 0 Å². The van der Waals surface area contributed by atoms with E-state index in [4.69, 9.17) is 5.11 Å². The molecule has 0 heterocycles. The third-order valence-corrected chi connectivity index (χ3v) is 2.47. The van der Waals surface area contributed by atoms with Gasteiger partial charge in [0.05, 0.1) is 6.10 Å². The first kappa shape index (κ1) is 8.06. The van der Waals surface area contributed by atoms with Crippen molar-refractivity contribution in [2.24, 2.45) is 5.92 Å². The minimum Gasteiger partial charge on any atom is -0.393 e. The van der Waals surface area contributed by atoms with Crippen LogP contribution in [0.1, 0.15) is 45.4 Å². The predicted octanol–water partition coefficient (Wildman–Crippen LogP) is 2.34. The van der Waals surface area contributed by atoms with Crippen molar-refractivity contribution < 1.29 is 5.11 Å². The van der Waals surface area contributed by atoms with E-state index in [1.54, 1.807) is 0 Å². The molecule has 60 valence electrons. The molecule has 1 atom stereocenters. The third-order valence-electron chi connectivity index (χ3n) is 2.47. The molecule has 1 saturated carbocycles. The van der Waals surface area contributed by atoms with E-state index in [2.05, 4.69) is 0 Å². The molecule has 0 radical (unpaired) electrons. The van der Waals surface area contributed by atoms with E-state index in [1.807, 2.05) is 6.92 Å². The van der Waals surface area contributed by atoms with Crippen LogP contribution in [0.15, 0.2) is 0 Å². The van der Waals surface area contributed by atoms with Crippen molar-refractivity contribution in [3.05, 3.63) is 0 Å². The Bertz CT molecular complexity index is 82.7. The maximum absolute atomic E-state index is 9.01. The Kier molecular flexibility index (Phi) is 3.20. The van der Waals surface area contributed by atoms with Crippen LogP contribution in [-0.2, 0) is 0 Å². The van der Waals surface area contributed by atoms with Crippen LogP contribution in [0.25, 0.3) is 0 Å². The highest BCUT2D eigenvalue weighted by molar-refractivity contribution is 4.67. The molecule has 0 amide bonds. The predicted molar refractivity (Wildman–Crippen MR) is 42.9 cm³/mol. The van der Waals surface area contributed by atoms with E-state index >= 15 is 0 Å². The highest BCUT2D eigenvalue weighted by Gasteiger charge is 2.14. The highest BCUT2D eigenvalue weighted by atomic mass is 16.3. The topological polar surface area (TPSA) is 20.2 Å². The summed E-state index contributed by atoms with van der Waals surface area (Å²) in [5.74, 6) is 0.939. The number of aliphatic hydroxyl groups excluding tert-OH is 1. The van der Waals surface area contributed by atoms with Crippen LogP contribution in [-0.4, -0.2) is 11.2 Å². The summed E-state index contributed by atoms with van der Waals surface area (Å²) in [6, 6.07) is 0. The van der Waals surface area contributed by atoms with Crippen molar-refractivity contribution in [1.29, 1.82) is 0 Å². The molecule has 0 aliphatic heterocycles. The first-order chi connectivity index (χ1) is 4.79. The minimum absolute atomic E-state index is 0.0828. The number of rotatable bonds is 3. The molecule has 1 aliphatic rings. The Balaban J connectivity index is 2.01. The summed E-state index contributed by atoms with van der Waals surface area (Å²) in [6.45, 7) is 1.88.